The highest BCUT2D eigenvalue weighted by Gasteiger charge is 2.21. The maximum atomic E-state index is 11.1. The summed E-state index contributed by atoms with van der Waals surface area (Å²) in [4.78, 5) is 13.5. The van der Waals surface area contributed by atoms with Crippen LogP contribution in [0.5, 0.6) is 0 Å². The number of carbonyl (C=O) groups is 1. The Morgan fingerprint density at radius 3 is 2.90 bits per heavy atom. The zero-order valence-electron chi connectivity index (χ0n) is 12.4. The Hall–Kier alpha value is -1.43. The lowest BCUT2D eigenvalue weighted by molar-refractivity contribution is 0.0689. The van der Waals surface area contributed by atoms with Gasteiger partial charge in [-0.15, -0.1) is 5.10 Å². The molecule has 20 heavy (non-hydrogen) atoms. The molecule has 112 valence electrons. The van der Waals surface area contributed by atoms with Gasteiger partial charge in [0.2, 0.25) is 0 Å². The minimum absolute atomic E-state index is 0.115. The summed E-state index contributed by atoms with van der Waals surface area (Å²) in [6.07, 6.45) is 6.41. The molecule has 0 bridgehead atoms. The molecule has 1 saturated heterocycles. The van der Waals surface area contributed by atoms with Crippen LogP contribution >= 0.6 is 0 Å². The maximum Gasteiger partial charge on any atom is 0.358 e. The highest BCUT2D eigenvalue weighted by Crippen LogP contribution is 2.19. The summed E-state index contributed by atoms with van der Waals surface area (Å²) in [7, 11) is 2.17. The number of carboxylic acids is 1. The van der Waals surface area contributed by atoms with Gasteiger partial charge in [-0.05, 0) is 39.3 Å². The molecular formula is C14H24N4O2. The molecule has 1 N–H and O–H groups in total. The Labute approximate surface area is 119 Å². The summed E-state index contributed by atoms with van der Waals surface area (Å²) in [6.45, 7) is 3.95. The predicted molar refractivity (Wildman–Crippen MR) is 75.9 cm³/mol. The smallest absolute Gasteiger partial charge is 0.358 e. The van der Waals surface area contributed by atoms with Crippen LogP contribution in [0, 0.1) is 0 Å². The van der Waals surface area contributed by atoms with Gasteiger partial charge in [0.05, 0.1) is 5.69 Å². The van der Waals surface area contributed by atoms with Crippen LogP contribution in [-0.4, -0.2) is 50.6 Å². The third-order valence-electron chi connectivity index (χ3n) is 4.12. The number of nitrogens with zero attached hydrogens (tertiary/aromatic N) is 4. The summed E-state index contributed by atoms with van der Waals surface area (Å²) < 4.78 is 1.79. The molecule has 1 aliphatic heterocycles. The van der Waals surface area contributed by atoms with Crippen LogP contribution in [0.4, 0.5) is 0 Å². The van der Waals surface area contributed by atoms with E-state index in [0.29, 0.717) is 6.04 Å². The first kappa shape index (κ1) is 15.0. The highest BCUT2D eigenvalue weighted by atomic mass is 16.4. The molecule has 1 fully saturated rings. The first-order valence-electron chi connectivity index (χ1n) is 7.49. The lowest BCUT2D eigenvalue weighted by atomic mass is 10.00. The van der Waals surface area contributed by atoms with Crippen LogP contribution < -0.4 is 0 Å². The molecule has 0 amide bonds. The summed E-state index contributed by atoms with van der Waals surface area (Å²) in [6, 6.07) is 0.579. The fraction of sp³-hybridized carbons (Fsp3) is 0.786. The van der Waals surface area contributed by atoms with Crippen molar-refractivity contribution in [3.63, 3.8) is 0 Å². The molecule has 2 rings (SSSR count). The monoisotopic (exact) mass is 280 g/mol. The van der Waals surface area contributed by atoms with Crippen molar-refractivity contribution in [3.05, 3.63) is 11.4 Å². The second-order valence-corrected chi connectivity index (χ2v) is 5.58. The SMILES string of the molecule is CCCc1c(C(=O)O)nnn1CCC1CCCCN1C. The van der Waals surface area contributed by atoms with Crippen molar-refractivity contribution in [1.29, 1.82) is 0 Å². The first-order chi connectivity index (χ1) is 9.63. The molecule has 6 heteroatoms. The fourth-order valence-electron chi connectivity index (χ4n) is 2.94. The van der Waals surface area contributed by atoms with E-state index in [9.17, 15) is 4.79 Å². The van der Waals surface area contributed by atoms with E-state index in [2.05, 4.69) is 22.3 Å². The maximum absolute atomic E-state index is 11.1. The number of aromatic carboxylic acids is 1. The molecule has 6 nitrogen and oxygen atoms in total. The molecule has 1 unspecified atom stereocenters. The van der Waals surface area contributed by atoms with E-state index < -0.39 is 5.97 Å². The largest absolute Gasteiger partial charge is 0.476 e. The molecular weight excluding hydrogens is 256 g/mol. The van der Waals surface area contributed by atoms with Gasteiger partial charge in [0.1, 0.15) is 0 Å². The molecule has 0 saturated carbocycles. The van der Waals surface area contributed by atoms with Gasteiger partial charge in [0, 0.05) is 12.6 Å². The van der Waals surface area contributed by atoms with Gasteiger partial charge in [-0.25, -0.2) is 9.48 Å². The quantitative estimate of drug-likeness (QED) is 0.860. The molecule has 0 aromatic carbocycles. The second kappa shape index (κ2) is 6.83. The van der Waals surface area contributed by atoms with E-state index in [1.165, 1.54) is 19.3 Å². The zero-order chi connectivity index (χ0) is 14.5. The molecule has 0 radical (unpaired) electrons. The van der Waals surface area contributed by atoms with Gasteiger partial charge in [0.15, 0.2) is 5.69 Å². The lowest BCUT2D eigenvalue weighted by Crippen LogP contribution is -2.37. The number of hydrogen-bond acceptors (Lipinski definition) is 4. The predicted octanol–water partition coefficient (Wildman–Crippen LogP) is 1.80. The van der Waals surface area contributed by atoms with Crippen LogP contribution in [0.1, 0.15) is 55.2 Å². The third kappa shape index (κ3) is 3.36. The van der Waals surface area contributed by atoms with Gasteiger partial charge >= 0.3 is 5.97 Å². The van der Waals surface area contributed by atoms with Crippen molar-refractivity contribution in [2.45, 2.75) is 58.0 Å². The number of rotatable bonds is 6. The Morgan fingerprint density at radius 1 is 1.45 bits per heavy atom. The summed E-state index contributed by atoms with van der Waals surface area (Å²) in [5.41, 5.74) is 0.877. The van der Waals surface area contributed by atoms with Crippen molar-refractivity contribution < 1.29 is 9.90 Å². The van der Waals surface area contributed by atoms with Crippen molar-refractivity contribution in [3.8, 4) is 0 Å². The molecule has 0 spiro atoms. The number of likely N-dealkylation sites (tertiary alicyclic amines) is 1. The van der Waals surface area contributed by atoms with E-state index in [1.54, 1.807) is 4.68 Å². The van der Waals surface area contributed by atoms with Crippen LogP contribution in [0.3, 0.4) is 0 Å². The second-order valence-electron chi connectivity index (χ2n) is 5.58. The van der Waals surface area contributed by atoms with Crippen LogP contribution in [0.2, 0.25) is 0 Å². The zero-order valence-corrected chi connectivity index (χ0v) is 12.4. The highest BCUT2D eigenvalue weighted by molar-refractivity contribution is 5.86. The van der Waals surface area contributed by atoms with Crippen molar-refractivity contribution >= 4 is 5.97 Å². The fourth-order valence-corrected chi connectivity index (χ4v) is 2.94. The number of aryl methyl sites for hydroxylation is 1. The normalized spacial score (nSPS) is 20.2. The number of piperidine rings is 1. The molecule has 1 aromatic rings. The average molecular weight is 280 g/mol. The van der Waals surface area contributed by atoms with Gasteiger partial charge in [-0.2, -0.15) is 0 Å². The lowest BCUT2D eigenvalue weighted by Gasteiger charge is -2.32. The molecule has 1 aromatic heterocycles. The van der Waals surface area contributed by atoms with E-state index in [-0.39, 0.29) is 5.69 Å². The van der Waals surface area contributed by atoms with Gasteiger partial charge in [-0.3, -0.25) is 0 Å². The summed E-state index contributed by atoms with van der Waals surface area (Å²) in [5, 5.41) is 17.0. The van der Waals surface area contributed by atoms with E-state index in [4.69, 9.17) is 5.11 Å². The Morgan fingerprint density at radius 2 is 2.25 bits per heavy atom. The molecule has 1 aliphatic rings. The van der Waals surface area contributed by atoms with Crippen molar-refractivity contribution in [2.24, 2.45) is 0 Å². The Bertz CT molecular complexity index is 458. The topological polar surface area (TPSA) is 71.2 Å². The average Bonchev–Trinajstić information content (AvgIpc) is 2.82. The van der Waals surface area contributed by atoms with Crippen molar-refractivity contribution in [1.82, 2.24) is 19.9 Å². The number of hydrogen-bond donors (Lipinski definition) is 1. The van der Waals surface area contributed by atoms with Gasteiger partial charge in [-0.1, -0.05) is 25.0 Å². The van der Waals surface area contributed by atoms with E-state index >= 15 is 0 Å². The molecule has 1 atom stereocenters. The number of carboxylic acid groups (broad SMARTS) is 1. The minimum atomic E-state index is -0.977. The minimum Gasteiger partial charge on any atom is -0.476 e. The standard InChI is InChI=1S/C14H24N4O2/c1-3-6-12-13(14(19)20)15-16-18(12)10-8-11-7-4-5-9-17(11)2/h11H,3-10H2,1-2H3,(H,19,20). The molecule has 0 aliphatic carbocycles. The number of aromatic nitrogens is 3. The summed E-state index contributed by atoms with van der Waals surface area (Å²) >= 11 is 0. The van der Waals surface area contributed by atoms with Crippen LogP contribution in [0.15, 0.2) is 0 Å². The van der Waals surface area contributed by atoms with Gasteiger partial charge in [0.25, 0.3) is 0 Å². The summed E-state index contributed by atoms with van der Waals surface area (Å²) in [5.74, 6) is -0.977. The van der Waals surface area contributed by atoms with E-state index in [1.807, 2.05) is 6.92 Å². The van der Waals surface area contributed by atoms with Crippen molar-refractivity contribution in [2.75, 3.05) is 13.6 Å². The van der Waals surface area contributed by atoms with Crippen LogP contribution in [-0.2, 0) is 13.0 Å². The first-order valence-corrected chi connectivity index (χ1v) is 7.49. The third-order valence-corrected chi connectivity index (χ3v) is 4.12. The van der Waals surface area contributed by atoms with E-state index in [0.717, 1.165) is 38.0 Å². The molecule has 2 heterocycles. The van der Waals surface area contributed by atoms with Gasteiger partial charge < -0.3 is 10.0 Å². The Balaban J connectivity index is 2.03. The van der Waals surface area contributed by atoms with Crippen LogP contribution in [0.25, 0.3) is 0 Å². The Kier molecular flexibility index (Phi) is 5.11.